The minimum absolute atomic E-state index is 0.107. The second-order valence-corrected chi connectivity index (χ2v) is 7.44. The number of fused-ring (bicyclic) bond motifs is 1. The Labute approximate surface area is 182 Å². The van der Waals surface area contributed by atoms with Crippen LogP contribution in [0.3, 0.4) is 0 Å². The van der Waals surface area contributed by atoms with Crippen molar-refractivity contribution in [2.75, 3.05) is 18.5 Å². The lowest BCUT2D eigenvalue weighted by Crippen LogP contribution is -2.20. The third-order valence-electron chi connectivity index (χ3n) is 5.03. The lowest BCUT2D eigenvalue weighted by atomic mass is 10.1. The maximum absolute atomic E-state index is 12.9. The molecule has 4 rings (SSSR count). The molecule has 0 unspecified atom stereocenters. The topological polar surface area (TPSA) is 85.2 Å². The number of nitrogens with zero attached hydrogens (tertiary/aromatic N) is 7. The molecule has 0 aliphatic carbocycles. The predicted octanol–water partition coefficient (Wildman–Crippen LogP) is 4.21. The van der Waals surface area contributed by atoms with Crippen LogP contribution in [0.2, 0.25) is 0 Å². The van der Waals surface area contributed by atoms with Gasteiger partial charge in [-0.05, 0) is 30.7 Å². The zero-order valence-electron chi connectivity index (χ0n) is 17.7. The number of aryl methyl sites for hydroxylation is 2. The summed E-state index contributed by atoms with van der Waals surface area (Å²) in [4.78, 5) is 6.31. The fraction of sp³-hybridized carbons (Fsp3) is 0.381. The minimum atomic E-state index is -4.44. The van der Waals surface area contributed by atoms with E-state index in [1.54, 1.807) is 4.52 Å². The molecule has 0 spiro atoms. The van der Waals surface area contributed by atoms with Crippen molar-refractivity contribution < 1.29 is 17.7 Å². The Bertz CT molecular complexity index is 1200. The number of anilines is 1. The first-order valence-corrected chi connectivity index (χ1v) is 10.3. The van der Waals surface area contributed by atoms with Gasteiger partial charge in [0.25, 0.3) is 0 Å². The first-order chi connectivity index (χ1) is 15.3. The number of unbranched alkanes of at least 4 members (excludes halogenated alkanes) is 1. The molecule has 3 aromatic heterocycles. The molecule has 11 heteroatoms. The van der Waals surface area contributed by atoms with E-state index in [1.807, 2.05) is 19.2 Å². The molecule has 0 saturated heterocycles. The van der Waals surface area contributed by atoms with Gasteiger partial charge in [0.1, 0.15) is 5.82 Å². The number of alkyl halides is 3. The normalized spacial score (nSPS) is 11.9. The number of hydrogen-bond donors (Lipinski definition) is 0. The lowest BCUT2D eigenvalue weighted by Gasteiger charge is -2.17. The molecule has 0 atom stereocenters. The average Bonchev–Trinajstić information content (AvgIpc) is 3.42. The molecule has 3 heterocycles. The van der Waals surface area contributed by atoms with E-state index >= 15 is 0 Å². The molecule has 0 radical (unpaired) electrons. The van der Waals surface area contributed by atoms with E-state index in [0.29, 0.717) is 30.2 Å². The summed E-state index contributed by atoms with van der Waals surface area (Å²) in [6, 6.07) is 8.60. The third-order valence-corrected chi connectivity index (χ3v) is 5.03. The highest BCUT2D eigenvalue weighted by Crippen LogP contribution is 2.31. The Balaban J connectivity index is 1.48. The first kappa shape index (κ1) is 21.7. The highest BCUT2D eigenvalue weighted by molar-refractivity contribution is 5.55. The average molecular weight is 445 g/mol. The van der Waals surface area contributed by atoms with Gasteiger partial charge in [-0.3, -0.25) is 0 Å². The van der Waals surface area contributed by atoms with E-state index in [0.717, 1.165) is 37.3 Å². The molecule has 0 N–H and O–H groups in total. The summed E-state index contributed by atoms with van der Waals surface area (Å²) in [5.74, 6) is 1.85. The highest BCUT2D eigenvalue weighted by Gasteiger charge is 2.30. The van der Waals surface area contributed by atoms with Gasteiger partial charge in [0, 0.05) is 32.0 Å². The molecule has 8 nitrogen and oxygen atoms in total. The Morgan fingerprint density at radius 1 is 1.09 bits per heavy atom. The van der Waals surface area contributed by atoms with Crippen LogP contribution in [0.5, 0.6) is 0 Å². The van der Waals surface area contributed by atoms with Gasteiger partial charge in [-0.2, -0.15) is 22.7 Å². The van der Waals surface area contributed by atoms with Crippen molar-refractivity contribution in [1.29, 1.82) is 0 Å². The fourth-order valence-electron chi connectivity index (χ4n) is 3.22. The molecular formula is C21H22F3N7O. The number of aromatic nitrogens is 6. The zero-order valence-corrected chi connectivity index (χ0v) is 17.7. The van der Waals surface area contributed by atoms with Crippen LogP contribution >= 0.6 is 0 Å². The van der Waals surface area contributed by atoms with E-state index in [9.17, 15) is 13.2 Å². The summed E-state index contributed by atoms with van der Waals surface area (Å²) in [7, 11) is 1.99. The van der Waals surface area contributed by atoms with E-state index in [4.69, 9.17) is 4.52 Å². The Hall–Kier alpha value is -3.50. The molecule has 0 fully saturated rings. The van der Waals surface area contributed by atoms with Gasteiger partial charge in [0.15, 0.2) is 11.5 Å². The van der Waals surface area contributed by atoms with Gasteiger partial charge in [-0.15, -0.1) is 15.3 Å². The summed E-state index contributed by atoms with van der Waals surface area (Å²) in [6.07, 6.45) is -1.49. The lowest BCUT2D eigenvalue weighted by molar-refractivity contribution is -0.137. The molecule has 1 aromatic carbocycles. The molecule has 0 aliphatic heterocycles. The predicted molar refractivity (Wildman–Crippen MR) is 111 cm³/mol. The van der Waals surface area contributed by atoms with Crippen LogP contribution in [-0.2, 0) is 19.0 Å². The SMILES string of the molecule is CCCCN(C)c1ccc2nnc(CCc3nc(-c4cccc(C(F)(F)F)c4)no3)n2n1. The maximum Gasteiger partial charge on any atom is 0.416 e. The second-order valence-electron chi connectivity index (χ2n) is 7.44. The van der Waals surface area contributed by atoms with E-state index in [-0.39, 0.29) is 11.4 Å². The van der Waals surface area contributed by atoms with E-state index in [1.165, 1.54) is 12.1 Å². The quantitative estimate of drug-likeness (QED) is 0.402. The van der Waals surface area contributed by atoms with Gasteiger partial charge in [-0.1, -0.05) is 30.6 Å². The van der Waals surface area contributed by atoms with Crippen LogP contribution in [0.15, 0.2) is 40.9 Å². The summed E-state index contributed by atoms with van der Waals surface area (Å²) in [5.41, 5.74) is 0.106. The van der Waals surface area contributed by atoms with E-state index in [2.05, 4.69) is 37.3 Å². The molecule has 4 aromatic rings. The Kier molecular flexibility index (Phi) is 6.06. The van der Waals surface area contributed by atoms with Gasteiger partial charge in [0.05, 0.1) is 5.56 Å². The number of rotatable bonds is 8. The van der Waals surface area contributed by atoms with Crippen molar-refractivity contribution in [2.45, 2.75) is 38.8 Å². The highest BCUT2D eigenvalue weighted by atomic mass is 19.4. The molecular weight excluding hydrogens is 423 g/mol. The monoisotopic (exact) mass is 445 g/mol. The van der Waals surface area contributed by atoms with Gasteiger partial charge >= 0.3 is 6.18 Å². The molecule has 0 amide bonds. The molecule has 0 aliphatic rings. The fourth-order valence-corrected chi connectivity index (χ4v) is 3.22. The molecule has 32 heavy (non-hydrogen) atoms. The van der Waals surface area contributed by atoms with Crippen molar-refractivity contribution in [3.05, 3.63) is 53.7 Å². The number of hydrogen-bond acceptors (Lipinski definition) is 7. The third kappa shape index (κ3) is 4.71. The summed E-state index contributed by atoms with van der Waals surface area (Å²) >= 11 is 0. The van der Waals surface area contributed by atoms with Crippen LogP contribution in [0.4, 0.5) is 19.0 Å². The van der Waals surface area contributed by atoms with Crippen LogP contribution in [0, 0.1) is 0 Å². The first-order valence-electron chi connectivity index (χ1n) is 10.3. The molecule has 0 saturated carbocycles. The van der Waals surface area contributed by atoms with Crippen molar-refractivity contribution >= 4 is 11.5 Å². The summed E-state index contributed by atoms with van der Waals surface area (Å²) in [6.45, 7) is 3.03. The minimum Gasteiger partial charge on any atom is -0.358 e. The molecule has 0 bridgehead atoms. The smallest absolute Gasteiger partial charge is 0.358 e. The van der Waals surface area contributed by atoms with Crippen molar-refractivity contribution in [1.82, 2.24) is 30.0 Å². The van der Waals surface area contributed by atoms with Crippen LogP contribution in [0.25, 0.3) is 17.0 Å². The largest absolute Gasteiger partial charge is 0.416 e. The summed E-state index contributed by atoms with van der Waals surface area (Å²) < 4.78 is 45.8. The summed E-state index contributed by atoms with van der Waals surface area (Å²) in [5, 5.41) is 16.8. The van der Waals surface area contributed by atoms with Gasteiger partial charge in [0.2, 0.25) is 11.7 Å². The van der Waals surface area contributed by atoms with Crippen molar-refractivity contribution in [3.63, 3.8) is 0 Å². The Morgan fingerprint density at radius 2 is 1.94 bits per heavy atom. The van der Waals surface area contributed by atoms with Crippen LogP contribution in [0.1, 0.15) is 37.0 Å². The maximum atomic E-state index is 12.9. The van der Waals surface area contributed by atoms with Crippen LogP contribution in [-0.4, -0.2) is 43.5 Å². The molecule has 168 valence electrons. The van der Waals surface area contributed by atoms with E-state index < -0.39 is 11.7 Å². The van der Waals surface area contributed by atoms with Gasteiger partial charge in [-0.25, -0.2) is 0 Å². The van der Waals surface area contributed by atoms with Crippen molar-refractivity contribution in [2.24, 2.45) is 0 Å². The second kappa shape index (κ2) is 8.93. The zero-order chi connectivity index (χ0) is 22.7. The van der Waals surface area contributed by atoms with Crippen LogP contribution < -0.4 is 4.90 Å². The number of halogens is 3. The Morgan fingerprint density at radius 3 is 2.72 bits per heavy atom. The standard InChI is InChI=1S/C21H22F3N7O/c1-3-4-12-30(2)18-9-8-16-26-27-17(31(16)28-18)10-11-19-25-20(29-32-19)14-6-5-7-15(13-14)21(22,23)24/h5-9,13H,3-4,10-12H2,1-2H3. The van der Waals surface area contributed by atoms with Crippen molar-refractivity contribution in [3.8, 4) is 11.4 Å². The van der Waals surface area contributed by atoms with Gasteiger partial charge < -0.3 is 9.42 Å². The number of benzene rings is 1.